The fourth-order valence-electron chi connectivity index (χ4n) is 2.53. The van der Waals surface area contributed by atoms with Gasteiger partial charge in [-0.25, -0.2) is 0 Å². The average molecular weight is 460 g/mol. The normalized spacial score (nSPS) is 10.9. The minimum atomic E-state index is 0.457. The van der Waals surface area contributed by atoms with E-state index in [9.17, 15) is 0 Å². The molecule has 3 aromatic rings. The van der Waals surface area contributed by atoms with E-state index in [2.05, 4.69) is 26.5 Å². The first-order valence-corrected chi connectivity index (χ1v) is 9.83. The zero-order valence-electron chi connectivity index (χ0n) is 15.6. The third-order valence-electron chi connectivity index (χ3n) is 4.06. The number of hydrazone groups is 1. The fourth-order valence-corrected chi connectivity index (χ4v) is 3.28. The standard InChI is InChI=1S/C22H20BrClN2O2/c1-15-8-9-18(12-20(15)24)26-25-13-17-10-19(23)22(21(11-17)27-2)28-14-16-6-4-3-5-7-16/h3-13,26H,14H2,1-2H3. The fraction of sp³-hybridized carbons (Fsp3) is 0.136. The molecule has 0 saturated carbocycles. The molecule has 1 N–H and O–H groups in total. The Hall–Kier alpha value is -2.50. The number of benzene rings is 3. The van der Waals surface area contributed by atoms with Crippen LogP contribution in [0.4, 0.5) is 5.69 Å². The molecule has 3 aromatic carbocycles. The van der Waals surface area contributed by atoms with E-state index in [1.165, 1.54) is 0 Å². The lowest BCUT2D eigenvalue weighted by atomic mass is 10.2. The lowest BCUT2D eigenvalue weighted by Gasteiger charge is -2.13. The van der Waals surface area contributed by atoms with E-state index in [1.807, 2.05) is 67.6 Å². The number of hydrogen-bond acceptors (Lipinski definition) is 4. The van der Waals surface area contributed by atoms with Crippen molar-refractivity contribution < 1.29 is 9.47 Å². The molecule has 0 aliphatic heterocycles. The minimum Gasteiger partial charge on any atom is -0.493 e. The monoisotopic (exact) mass is 458 g/mol. The van der Waals surface area contributed by atoms with Crippen molar-refractivity contribution in [1.29, 1.82) is 0 Å². The summed E-state index contributed by atoms with van der Waals surface area (Å²) >= 11 is 9.70. The van der Waals surface area contributed by atoms with E-state index in [0.717, 1.165) is 26.9 Å². The second-order valence-corrected chi connectivity index (χ2v) is 7.40. The van der Waals surface area contributed by atoms with Gasteiger partial charge < -0.3 is 9.47 Å². The Bertz CT molecular complexity index is 978. The van der Waals surface area contributed by atoms with Gasteiger partial charge in [0.2, 0.25) is 0 Å². The van der Waals surface area contributed by atoms with Crippen LogP contribution in [-0.2, 0) is 6.61 Å². The predicted octanol–water partition coefficient (Wildman–Crippen LogP) is 6.44. The van der Waals surface area contributed by atoms with Gasteiger partial charge in [0.05, 0.1) is 23.5 Å². The van der Waals surface area contributed by atoms with Gasteiger partial charge in [-0.3, -0.25) is 5.43 Å². The van der Waals surface area contributed by atoms with E-state index in [-0.39, 0.29) is 0 Å². The number of methoxy groups -OCH3 is 1. The van der Waals surface area contributed by atoms with Gasteiger partial charge in [0.25, 0.3) is 0 Å². The minimum absolute atomic E-state index is 0.457. The summed E-state index contributed by atoms with van der Waals surface area (Å²) in [6, 6.07) is 19.5. The maximum atomic E-state index is 6.13. The Morgan fingerprint density at radius 1 is 1.11 bits per heavy atom. The van der Waals surface area contributed by atoms with Gasteiger partial charge in [0.15, 0.2) is 11.5 Å². The molecule has 4 nitrogen and oxygen atoms in total. The van der Waals surface area contributed by atoms with Gasteiger partial charge >= 0.3 is 0 Å². The van der Waals surface area contributed by atoms with Crippen molar-refractivity contribution in [3.63, 3.8) is 0 Å². The zero-order valence-corrected chi connectivity index (χ0v) is 17.9. The molecule has 0 fully saturated rings. The van der Waals surface area contributed by atoms with Crippen molar-refractivity contribution in [1.82, 2.24) is 0 Å². The molecule has 0 aliphatic rings. The molecule has 0 unspecified atom stereocenters. The Labute approximate surface area is 178 Å². The van der Waals surface area contributed by atoms with Gasteiger partial charge in [0, 0.05) is 5.02 Å². The number of nitrogens with zero attached hydrogens (tertiary/aromatic N) is 1. The topological polar surface area (TPSA) is 42.8 Å². The summed E-state index contributed by atoms with van der Waals surface area (Å²) in [7, 11) is 1.62. The summed E-state index contributed by atoms with van der Waals surface area (Å²) in [5.74, 6) is 1.28. The molecule has 0 saturated heterocycles. The molecular weight excluding hydrogens is 440 g/mol. The van der Waals surface area contributed by atoms with Crippen molar-refractivity contribution >= 4 is 39.4 Å². The summed E-state index contributed by atoms with van der Waals surface area (Å²) in [6.45, 7) is 2.42. The summed E-state index contributed by atoms with van der Waals surface area (Å²) in [5.41, 5.74) is 6.77. The van der Waals surface area contributed by atoms with Gasteiger partial charge in [-0.05, 0) is 63.8 Å². The maximum absolute atomic E-state index is 6.13. The molecule has 144 valence electrons. The van der Waals surface area contributed by atoms with Crippen LogP contribution < -0.4 is 14.9 Å². The van der Waals surface area contributed by atoms with Gasteiger partial charge in [-0.2, -0.15) is 5.10 Å². The molecule has 6 heteroatoms. The van der Waals surface area contributed by atoms with Crippen LogP contribution in [0.2, 0.25) is 5.02 Å². The molecule has 0 amide bonds. The molecule has 0 atom stereocenters. The van der Waals surface area contributed by atoms with E-state index in [4.69, 9.17) is 21.1 Å². The lowest BCUT2D eigenvalue weighted by molar-refractivity contribution is 0.282. The van der Waals surface area contributed by atoms with Crippen LogP contribution in [0.1, 0.15) is 16.7 Å². The number of rotatable bonds is 7. The molecule has 3 rings (SSSR count). The van der Waals surface area contributed by atoms with Crippen molar-refractivity contribution in [2.75, 3.05) is 12.5 Å². The molecule has 0 bridgehead atoms. The third-order valence-corrected chi connectivity index (χ3v) is 5.05. The lowest BCUT2D eigenvalue weighted by Crippen LogP contribution is -2.00. The smallest absolute Gasteiger partial charge is 0.175 e. The van der Waals surface area contributed by atoms with Gasteiger partial charge in [-0.15, -0.1) is 0 Å². The number of hydrogen-bond donors (Lipinski definition) is 1. The van der Waals surface area contributed by atoms with Crippen molar-refractivity contribution in [2.24, 2.45) is 5.10 Å². The number of aryl methyl sites for hydroxylation is 1. The molecule has 0 heterocycles. The van der Waals surface area contributed by atoms with Crippen LogP contribution >= 0.6 is 27.5 Å². The Morgan fingerprint density at radius 2 is 1.89 bits per heavy atom. The summed E-state index contributed by atoms with van der Waals surface area (Å²) in [5, 5.41) is 4.97. The van der Waals surface area contributed by atoms with Crippen LogP contribution in [0.25, 0.3) is 0 Å². The summed E-state index contributed by atoms with van der Waals surface area (Å²) < 4.78 is 12.2. The first-order valence-electron chi connectivity index (χ1n) is 8.66. The average Bonchev–Trinajstić information content (AvgIpc) is 2.70. The molecule has 0 spiro atoms. The number of halogens is 2. The first kappa shape index (κ1) is 20.2. The first-order chi connectivity index (χ1) is 13.6. The van der Waals surface area contributed by atoms with Crippen LogP contribution in [0.5, 0.6) is 11.5 Å². The zero-order chi connectivity index (χ0) is 19.9. The Morgan fingerprint density at radius 3 is 2.61 bits per heavy atom. The van der Waals surface area contributed by atoms with E-state index < -0.39 is 0 Å². The highest BCUT2D eigenvalue weighted by molar-refractivity contribution is 9.10. The Kier molecular flexibility index (Phi) is 6.95. The van der Waals surface area contributed by atoms with E-state index in [1.54, 1.807) is 13.3 Å². The van der Waals surface area contributed by atoms with Crippen LogP contribution in [0.3, 0.4) is 0 Å². The highest BCUT2D eigenvalue weighted by atomic mass is 79.9. The van der Waals surface area contributed by atoms with Crippen LogP contribution in [0, 0.1) is 6.92 Å². The molecule has 0 aromatic heterocycles. The van der Waals surface area contributed by atoms with Crippen LogP contribution in [0.15, 0.2) is 70.2 Å². The predicted molar refractivity (Wildman–Crippen MR) is 119 cm³/mol. The highest BCUT2D eigenvalue weighted by Gasteiger charge is 2.11. The van der Waals surface area contributed by atoms with E-state index >= 15 is 0 Å². The molecular formula is C22H20BrClN2O2. The van der Waals surface area contributed by atoms with Crippen molar-refractivity contribution in [3.05, 3.63) is 86.8 Å². The number of ether oxygens (including phenoxy) is 2. The number of nitrogens with one attached hydrogen (secondary N) is 1. The SMILES string of the molecule is COc1cc(C=NNc2ccc(C)c(Cl)c2)cc(Br)c1OCc1ccccc1. The Balaban J connectivity index is 1.72. The van der Waals surface area contributed by atoms with Crippen LogP contribution in [-0.4, -0.2) is 13.3 Å². The van der Waals surface area contributed by atoms with Gasteiger partial charge in [0.1, 0.15) is 6.61 Å². The third kappa shape index (κ3) is 5.27. The summed E-state index contributed by atoms with van der Waals surface area (Å²) in [4.78, 5) is 0. The quantitative estimate of drug-likeness (QED) is 0.326. The maximum Gasteiger partial charge on any atom is 0.175 e. The summed E-state index contributed by atoms with van der Waals surface area (Å²) in [6.07, 6.45) is 1.71. The largest absolute Gasteiger partial charge is 0.493 e. The second kappa shape index (κ2) is 9.62. The van der Waals surface area contributed by atoms with E-state index in [0.29, 0.717) is 23.1 Å². The second-order valence-electron chi connectivity index (χ2n) is 6.14. The van der Waals surface area contributed by atoms with Gasteiger partial charge in [-0.1, -0.05) is 48.0 Å². The van der Waals surface area contributed by atoms with Crippen molar-refractivity contribution in [2.45, 2.75) is 13.5 Å². The number of anilines is 1. The molecule has 0 radical (unpaired) electrons. The molecule has 28 heavy (non-hydrogen) atoms. The molecule has 0 aliphatic carbocycles. The van der Waals surface area contributed by atoms with Crippen molar-refractivity contribution in [3.8, 4) is 11.5 Å². The highest BCUT2D eigenvalue weighted by Crippen LogP contribution is 2.36.